The molecule has 2 aromatic rings. The van der Waals surface area contributed by atoms with Crippen molar-refractivity contribution in [3.63, 3.8) is 0 Å². The summed E-state index contributed by atoms with van der Waals surface area (Å²) in [6.45, 7) is 0. The van der Waals surface area contributed by atoms with Crippen LogP contribution < -0.4 is 4.74 Å². The van der Waals surface area contributed by atoms with Gasteiger partial charge in [0.05, 0.1) is 10.0 Å². The molecule has 1 aromatic carbocycles. The van der Waals surface area contributed by atoms with Crippen molar-refractivity contribution in [1.29, 1.82) is 0 Å². The molecule has 0 aliphatic heterocycles. The molecule has 0 spiro atoms. The number of benzene rings is 1. The minimum atomic E-state index is 0.348. The van der Waals surface area contributed by atoms with Crippen LogP contribution in [-0.2, 0) is 0 Å². The highest BCUT2D eigenvalue weighted by Crippen LogP contribution is 2.44. The summed E-state index contributed by atoms with van der Waals surface area (Å²) in [7, 11) is 0. The van der Waals surface area contributed by atoms with Crippen LogP contribution in [0, 0.1) is 3.57 Å². The van der Waals surface area contributed by atoms with E-state index < -0.39 is 0 Å². The summed E-state index contributed by atoms with van der Waals surface area (Å²) in [5, 5.41) is 9.15. The van der Waals surface area contributed by atoms with E-state index in [2.05, 4.69) is 32.8 Å². The van der Waals surface area contributed by atoms with E-state index in [9.17, 15) is 0 Å². The first-order valence-corrected chi connectivity index (χ1v) is 8.11. The van der Waals surface area contributed by atoms with Gasteiger partial charge in [-0.1, -0.05) is 34.8 Å². The van der Waals surface area contributed by atoms with Gasteiger partial charge in [-0.3, -0.25) is 0 Å². The lowest BCUT2D eigenvalue weighted by Gasteiger charge is -2.10. The first kappa shape index (κ1) is 14.6. The van der Waals surface area contributed by atoms with Crippen molar-refractivity contribution in [3.05, 3.63) is 42.5 Å². The van der Waals surface area contributed by atoms with Crippen LogP contribution in [0.3, 0.4) is 0 Å². The van der Waals surface area contributed by atoms with E-state index in [4.69, 9.17) is 39.5 Å². The predicted octanol–water partition coefficient (Wildman–Crippen LogP) is 5.71. The van der Waals surface area contributed by atoms with E-state index >= 15 is 0 Å². The fraction of sp³-hybridized carbons (Fsp3) is 0.231. The van der Waals surface area contributed by atoms with Crippen LogP contribution in [0.1, 0.15) is 24.3 Å². The third-order valence-electron chi connectivity index (χ3n) is 2.94. The van der Waals surface area contributed by atoms with Crippen LogP contribution in [0.5, 0.6) is 11.6 Å². The maximum atomic E-state index is 6.14. The zero-order chi connectivity index (χ0) is 14.3. The third kappa shape index (κ3) is 3.13. The highest BCUT2D eigenvalue weighted by atomic mass is 127. The Morgan fingerprint density at radius 1 is 1.05 bits per heavy atom. The molecule has 3 rings (SSSR count). The first-order valence-electron chi connectivity index (χ1n) is 5.90. The smallest absolute Gasteiger partial charge is 0.239 e. The number of rotatable bonds is 3. The van der Waals surface area contributed by atoms with E-state index in [1.165, 1.54) is 0 Å². The first-order chi connectivity index (χ1) is 9.54. The molecule has 7 heteroatoms. The van der Waals surface area contributed by atoms with Gasteiger partial charge < -0.3 is 4.74 Å². The largest absolute Gasteiger partial charge is 0.434 e. The Morgan fingerprint density at radius 3 is 2.30 bits per heavy atom. The molecule has 3 nitrogen and oxygen atoms in total. The molecule has 1 fully saturated rings. The average Bonchev–Trinajstić information content (AvgIpc) is 3.19. The van der Waals surface area contributed by atoms with Crippen molar-refractivity contribution < 1.29 is 4.74 Å². The molecule has 0 radical (unpaired) electrons. The quantitative estimate of drug-likeness (QED) is 0.572. The predicted molar refractivity (Wildman–Crippen MR) is 88.3 cm³/mol. The molecule has 1 aliphatic rings. The summed E-state index contributed by atoms with van der Waals surface area (Å²) in [5.74, 6) is 1.19. The third-order valence-corrected chi connectivity index (χ3v) is 4.42. The summed E-state index contributed by atoms with van der Waals surface area (Å²) in [6.07, 6.45) is 2.24. The van der Waals surface area contributed by atoms with Gasteiger partial charge in [-0.2, -0.15) is 0 Å². The van der Waals surface area contributed by atoms with Gasteiger partial charge in [0.2, 0.25) is 5.88 Å². The van der Waals surface area contributed by atoms with Crippen LogP contribution in [0.4, 0.5) is 0 Å². The molecule has 1 heterocycles. The normalized spacial score (nSPS) is 14.4. The zero-order valence-corrected chi connectivity index (χ0v) is 14.5. The molecule has 0 saturated heterocycles. The van der Waals surface area contributed by atoms with Crippen molar-refractivity contribution in [1.82, 2.24) is 10.2 Å². The summed E-state index contributed by atoms with van der Waals surface area (Å²) in [6, 6.07) is 5.35. The molecule has 20 heavy (non-hydrogen) atoms. The highest BCUT2D eigenvalue weighted by molar-refractivity contribution is 14.1. The SMILES string of the molecule is Clc1cc(I)cc(Cl)c1Oc1cc(C2CC2)c(Cl)nn1. The van der Waals surface area contributed by atoms with Gasteiger partial charge in [-0.05, 0) is 59.0 Å². The molecule has 1 aromatic heterocycles. The lowest BCUT2D eigenvalue weighted by Crippen LogP contribution is -1.96. The van der Waals surface area contributed by atoms with Gasteiger partial charge >= 0.3 is 0 Å². The second kappa shape index (κ2) is 5.83. The number of aromatic nitrogens is 2. The Balaban J connectivity index is 1.93. The lowest BCUT2D eigenvalue weighted by atomic mass is 10.2. The summed E-state index contributed by atoms with van der Waals surface area (Å²) >= 11 is 20.5. The fourth-order valence-electron chi connectivity index (χ4n) is 1.83. The number of hydrogen-bond acceptors (Lipinski definition) is 3. The Bertz CT molecular complexity index is 654. The summed E-state index contributed by atoms with van der Waals surface area (Å²) in [5.41, 5.74) is 0.967. The van der Waals surface area contributed by atoms with Gasteiger partial charge in [-0.25, -0.2) is 0 Å². The van der Waals surface area contributed by atoms with E-state index in [1.807, 2.05) is 0 Å². The van der Waals surface area contributed by atoms with E-state index in [1.54, 1.807) is 18.2 Å². The number of halogens is 4. The minimum absolute atomic E-state index is 0.348. The van der Waals surface area contributed by atoms with Gasteiger partial charge in [0, 0.05) is 9.64 Å². The van der Waals surface area contributed by atoms with Crippen LogP contribution in [0.2, 0.25) is 15.2 Å². The molecular formula is C13H8Cl3IN2O. The van der Waals surface area contributed by atoms with Crippen LogP contribution in [0.25, 0.3) is 0 Å². The molecule has 0 bridgehead atoms. The van der Waals surface area contributed by atoms with Crippen LogP contribution in [0.15, 0.2) is 18.2 Å². The van der Waals surface area contributed by atoms with Gasteiger partial charge in [0.15, 0.2) is 10.9 Å². The molecule has 104 valence electrons. The maximum Gasteiger partial charge on any atom is 0.239 e. The zero-order valence-electron chi connectivity index (χ0n) is 10.0. The number of nitrogens with zero attached hydrogens (tertiary/aromatic N) is 2. The van der Waals surface area contributed by atoms with Gasteiger partial charge in [0.1, 0.15) is 0 Å². The van der Waals surface area contributed by atoms with Crippen molar-refractivity contribution in [2.24, 2.45) is 0 Å². The monoisotopic (exact) mass is 440 g/mol. The second-order valence-electron chi connectivity index (χ2n) is 4.50. The molecule has 1 saturated carbocycles. The fourth-order valence-corrected chi connectivity index (χ4v) is 3.64. The van der Waals surface area contributed by atoms with Gasteiger partial charge in [-0.15, -0.1) is 10.2 Å². The molecular weight excluding hydrogens is 433 g/mol. The lowest BCUT2D eigenvalue weighted by molar-refractivity contribution is 0.454. The van der Waals surface area contributed by atoms with Gasteiger partial charge in [0.25, 0.3) is 0 Å². The van der Waals surface area contributed by atoms with E-state index in [0.717, 1.165) is 22.0 Å². The van der Waals surface area contributed by atoms with Crippen molar-refractivity contribution in [2.75, 3.05) is 0 Å². The standard InChI is InChI=1S/C13H8Cl3IN2O/c14-9-3-7(17)4-10(15)12(9)20-11-5-8(6-1-2-6)13(16)19-18-11/h3-6H,1-2H2. The molecule has 0 N–H and O–H groups in total. The molecule has 1 aliphatic carbocycles. The van der Waals surface area contributed by atoms with E-state index in [0.29, 0.717) is 32.7 Å². The molecule has 0 unspecified atom stereocenters. The van der Waals surface area contributed by atoms with E-state index in [-0.39, 0.29) is 0 Å². The van der Waals surface area contributed by atoms with Crippen LogP contribution >= 0.6 is 57.4 Å². The average molecular weight is 441 g/mol. The second-order valence-corrected chi connectivity index (χ2v) is 6.92. The van der Waals surface area contributed by atoms with Crippen molar-refractivity contribution >= 4 is 57.4 Å². The summed E-state index contributed by atoms with van der Waals surface area (Å²) in [4.78, 5) is 0. The topological polar surface area (TPSA) is 35.0 Å². The Kier molecular flexibility index (Phi) is 4.26. The molecule has 0 atom stereocenters. The van der Waals surface area contributed by atoms with Crippen LogP contribution in [-0.4, -0.2) is 10.2 Å². The Morgan fingerprint density at radius 2 is 1.70 bits per heavy atom. The summed E-state index contributed by atoms with van der Waals surface area (Å²) < 4.78 is 6.60. The number of hydrogen-bond donors (Lipinski definition) is 0. The Hall–Kier alpha value is -0.300. The maximum absolute atomic E-state index is 6.14. The number of ether oxygens (including phenoxy) is 1. The Labute approximate surface area is 144 Å². The van der Waals surface area contributed by atoms with Crippen molar-refractivity contribution in [3.8, 4) is 11.6 Å². The minimum Gasteiger partial charge on any atom is -0.434 e. The molecule has 0 amide bonds. The van der Waals surface area contributed by atoms with Crippen molar-refractivity contribution in [2.45, 2.75) is 18.8 Å². The highest BCUT2D eigenvalue weighted by Gasteiger charge is 2.27.